The largest absolute Gasteiger partial charge is 0.346 e. The zero-order chi connectivity index (χ0) is 8.44. The Balaban J connectivity index is 1.94. The van der Waals surface area contributed by atoms with Crippen LogP contribution in [0.3, 0.4) is 0 Å². The summed E-state index contributed by atoms with van der Waals surface area (Å²) in [5, 5.41) is 0. The maximum atomic E-state index is 5.77. The van der Waals surface area contributed by atoms with Crippen molar-refractivity contribution in [3.63, 3.8) is 0 Å². The first-order valence-corrected chi connectivity index (χ1v) is 5.60. The number of ether oxygens (including phenoxy) is 2. The van der Waals surface area contributed by atoms with Gasteiger partial charge in [-0.15, -0.1) is 0 Å². The van der Waals surface area contributed by atoms with Crippen LogP contribution in [0, 0.1) is 0 Å². The van der Waals surface area contributed by atoms with E-state index in [4.69, 9.17) is 15.2 Å². The molecule has 2 saturated heterocycles. The highest BCUT2D eigenvalue weighted by Gasteiger charge is 2.41. The molecule has 70 valence electrons. The molecule has 1 spiro atoms. The summed E-state index contributed by atoms with van der Waals surface area (Å²) >= 11 is 1.91. The first-order chi connectivity index (χ1) is 5.85. The molecule has 2 aliphatic rings. The monoisotopic (exact) mass is 189 g/mol. The Kier molecular flexibility index (Phi) is 2.60. The summed E-state index contributed by atoms with van der Waals surface area (Å²) < 4.78 is 11.4. The molecule has 2 heterocycles. The van der Waals surface area contributed by atoms with Crippen molar-refractivity contribution in [3.8, 4) is 0 Å². The lowest BCUT2D eigenvalue weighted by Gasteiger charge is -2.31. The van der Waals surface area contributed by atoms with Crippen molar-refractivity contribution in [1.82, 2.24) is 0 Å². The first-order valence-electron chi connectivity index (χ1n) is 4.44. The molecule has 2 fully saturated rings. The quantitative estimate of drug-likeness (QED) is 0.655. The van der Waals surface area contributed by atoms with Crippen LogP contribution in [0.2, 0.25) is 0 Å². The van der Waals surface area contributed by atoms with Crippen molar-refractivity contribution < 1.29 is 9.47 Å². The van der Waals surface area contributed by atoms with Crippen molar-refractivity contribution in [2.45, 2.75) is 24.7 Å². The van der Waals surface area contributed by atoms with Crippen LogP contribution in [0.5, 0.6) is 0 Å². The van der Waals surface area contributed by atoms with Gasteiger partial charge in [-0.05, 0) is 12.2 Å². The van der Waals surface area contributed by atoms with Gasteiger partial charge in [0.15, 0.2) is 5.79 Å². The molecule has 0 aromatic heterocycles. The molecule has 0 bridgehead atoms. The molecule has 2 unspecified atom stereocenters. The van der Waals surface area contributed by atoms with Crippen molar-refractivity contribution in [3.05, 3.63) is 0 Å². The fraction of sp³-hybridized carbons (Fsp3) is 1.00. The molecule has 12 heavy (non-hydrogen) atoms. The Morgan fingerprint density at radius 1 is 1.58 bits per heavy atom. The highest BCUT2D eigenvalue weighted by atomic mass is 32.2. The lowest BCUT2D eigenvalue weighted by molar-refractivity contribution is -0.154. The third-order valence-electron chi connectivity index (χ3n) is 2.34. The number of hydrogen-bond acceptors (Lipinski definition) is 4. The molecule has 0 aliphatic carbocycles. The van der Waals surface area contributed by atoms with E-state index in [1.165, 1.54) is 12.2 Å². The maximum absolute atomic E-state index is 5.77. The second-order valence-electron chi connectivity index (χ2n) is 3.35. The number of thioether (sulfide) groups is 1. The van der Waals surface area contributed by atoms with Crippen LogP contribution < -0.4 is 5.73 Å². The van der Waals surface area contributed by atoms with Gasteiger partial charge in [-0.3, -0.25) is 0 Å². The standard InChI is InChI=1S/C8H15NO2S/c9-4-7-5-10-8(11-7)2-1-3-12-6-8/h7H,1-6,9H2. The number of rotatable bonds is 1. The highest BCUT2D eigenvalue weighted by Crippen LogP contribution is 2.35. The van der Waals surface area contributed by atoms with Gasteiger partial charge in [0.1, 0.15) is 0 Å². The third kappa shape index (κ3) is 1.62. The molecule has 0 radical (unpaired) electrons. The molecule has 2 rings (SSSR count). The molecule has 0 aromatic rings. The van der Waals surface area contributed by atoms with Gasteiger partial charge in [-0.2, -0.15) is 11.8 Å². The molecule has 0 aromatic carbocycles. The SMILES string of the molecule is NCC1COC2(CCCSC2)O1. The summed E-state index contributed by atoms with van der Waals surface area (Å²) in [6, 6.07) is 0. The predicted octanol–water partition coefficient (Wildman–Crippen LogP) is 0.584. The molecule has 0 amide bonds. The highest BCUT2D eigenvalue weighted by molar-refractivity contribution is 7.99. The van der Waals surface area contributed by atoms with Gasteiger partial charge in [0.25, 0.3) is 0 Å². The molecule has 2 atom stereocenters. The Bertz CT molecular complexity index is 159. The summed E-state index contributed by atoms with van der Waals surface area (Å²) in [5.41, 5.74) is 5.51. The van der Waals surface area contributed by atoms with Crippen LogP contribution in [0.4, 0.5) is 0 Å². The fourth-order valence-electron chi connectivity index (χ4n) is 1.68. The Morgan fingerprint density at radius 3 is 3.08 bits per heavy atom. The Hall–Kier alpha value is 0.230. The summed E-state index contributed by atoms with van der Waals surface area (Å²) in [6.45, 7) is 1.25. The predicted molar refractivity (Wildman–Crippen MR) is 49.2 cm³/mol. The van der Waals surface area contributed by atoms with E-state index in [0.717, 1.165) is 12.2 Å². The number of nitrogens with two attached hydrogens (primary N) is 1. The molecular formula is C8H15NO2S. The summed E-state index contributed by atoms with van der Waals surface area (Å²) in [7, 11) is 0. The van der Waals surface area contributed by atoms with Gasteiger partial charge >= 0.3 is 0 Å². The average Bonchev–Trinajstić information content (AvgIpc) is 2.50. The van der Waals surface area contributed by atoms with Crippen molar-refractivity contribution in [1.29, 1.82) is 0 Å². The normalized spacial score (nSPS) is 42.2. The van der Waals surface area contributed by atoms with Gasteiger partial charge in [-0.25, -0.2) is 0 Å². The van der Waals surface area contributed by atoms with E-state index in [2.05, 4.69) is 0 Å². The average molecular weight is 189 g/mol. The van der Waals surface area contributed by atoms with Gasteiger partial charge in [0.2, 0.25) is 0 Å². The molecule has 0 saturated carbocycles. The van der Waals surface area contributed by atoms with Crippen LogP contribution in [-0.4, -0.2) is 36.5 Å². The van der Waals surface area contributed by atoms with E-state index < -0.39 is 0 Å². The second-order valence-corrected chi connectivity index (χ2v) is 4.46. The van der Waals surface area contributed by atoms with Crippen molar-refractivity contribution >= 4 is 11.8 Å². The Morgan fingerprint density at radius 2 is 2.50 bits per heavy atom. The Labute approximate surface area is 77.0 Å². The van der Waals surface area contributed by atoms with Gasteiger partial charge in [0.05, 0.1) is 12.7 Å². The lowest BCUT2D eigenvalue weighted by Crippen LogP contribution is -2.37. The van der Waals surface area contributed by atoms with E-state index in [0.29, 0.717) is 13.2 Å². The van der Waals surface area contributed by atoms with E-state index in [-0.39, 0.29) is 11.9 Å². The number of hydrogen-bond donors (Lipinski definition) is 1. The van der Waals surface area contributed by atoms with E-state index >= 15 is 0 Å². The van der Waals surface area contributed by atoms with Crippen LogP contribution >= 0.6 is 11.8 Å². The van der Waals surface area contributed by atoms with Gasteiger partial charge in [0, 0.05) is 18.7 Å². The second kappa shape index (κ2) is 3.54. The zero-order valence-corrected chi connectivity index (χ0v) is 7.94. The molecule has 2 aliphatic heterocycles. The van der Waals surface area contributed by atoms with Crippen LogP contribution in [0.1, 0.15) is 12.8 Å². The van der Waals surface area contributed by atoms with Gasteiger partial charge < -0.3 is 15.2 Å². The van der Waals surface area contributed by atoms with E-state index in [9.17, 15) is 0 Å². The summed E-state index contributed by atoms with van der Waals surface area (Å²) in [5.74, 6) is 1.94. The molecular weight excluding hydrogens is 174 g/mol. The van der Waals surface area contributed by atoms with Crippen molar-refractivity contribution in [2.75, 3.05) is 24.7 Å². The minimum atomic E-state index is -0.271. The van der Waals surface area contributed by atoms with E-state index in [1.54, 1.807) is 0 Å². The molecule has 3 nitrogen and oxygen atoms in total. The van der Waals surface area contributed by atoms with Gasteiger partial charge in [-0.1, -0.05) is 0 Å². The van der Waals surface area contributed by atoms with Crippen LogP contribution in [0.15, 0.2) is 0 Å². The minimum absolute atomic E-state index is 0.128. The molecule has 2 N–H and O–H groups in total. The zero-order valence-electron chi connectivity index (χ0n) is 7.12. The van der Waals surface area contributed by atoms with Crippen LogP contribution in [-0.2, 0) is 9.47 Å². The van der Waals surface area contributed by atoms with Crippen molar-refractivity contribution in [2.24, 2.45) is 5.73 Å². The maximum Gasteiger partial charge on any atom is 0.177 e. The first kappa shape index (κ1) is 8.81. The smallest absolute Gasteiger partial charge is 0.177 e. The topological polar surface area (TPSA) is 44.5 Å². The minimum Gasteiger partial charge on any atom is -0.346 e. The summed E-state index contributed by atoms with van der Waals surface area (Å²) in [6.07, 6.45) is 2.36. The fourth-order valence-corrected chi connectivity index (χ4v) is 2.78. The summed E-state index contributed by atoms with van der Waals surface area (Å²) in [4.78, 5) is 0. The van der Waals surface area contributed by atoms with E-state index in [1.807, 2.05) is 11.8 Å². The van der Waals surface area contributed by atoms with Crippen LogP contribution in [0.25, 0.3) is 0 Å². The molecule has 4 heteroatoms. The third-order valence-corrected chi connectivity index (χ3v) is 3.57. The lowest BCUT2D eigenvalue weighted by atomic mass is 10.2.